The molecule has 2 aromatic rings. The lowest BCUT2D eigenvalue weighted by Gasteiger charge is -2.14. The molecule has 6 nitrogen and oxygen atoms in total. The fourth-order valence-electron chi connectivity index (χ4n) is 2.22. The van der Waals surface area contributed by atoms with Gasteiger partial charge in [0.25, 0.3) is 5.91 Å². The van der Waals surface area contributed by atoms with Gasteiger partial charge in [0, 0.05) is 24.0 Å². The molecule has 0 radical (unpaired) electrons. The average Bonchev–Trinajstić information content (AvgIpc) is 3.41. The van der Waals surface area contributed by atoms with Gasteiger partial charge in [-0.15, -0.1) is 0 Å². The van der Waals surface area contributed by atoms with Crippen molar-refractivity contribution in [1.29, 1.82) is 0 Å². The first-order valence-corrected chi connectivity index (χ1v) is 7.61. The maximum atomic E-state index is 12.1. The molecule has 118 valence electrons. The van der Waals surface area contributed by atoms with Crippen LogP contribution in [0.2, 0.25) is 0 Å². The van der Waals surface area contributed by atoms with Crippen LogP contribution >= 0.6 is 0 Å². The fraction of sp³-hybridized carbons (Fsp3) is 0.294. The van der Waals surface area contributed by atoms with Gasteiger partial charge in [-0.1, -0.05) is 12.1 Å². The van der Waals surface area contributed by atoms with E-state index in [9.17, 15) is 9.59 Å². The van der Waals surface area contributed by atoms with Crippen LogP contribution in [0.5, 0.6) is 0 Å². The molecule has 1 aliphatic rings. The number of nitrogens with one attached hydrogen (secondary N) is 2. The van der Waals surface area contributed by atoms with E-state index >= 15 is 0 Å². The summed E-state index contributed by atoms with van der Waals surface area (Å²) in [5.74, 6) is -0.00154. The van der Waals surface area contributed by atoms with Crippen LogP contribution in [0.25, 0.3) is 0 Å². The topological polar surface area (TPSA) is 84.0 Å². The second kappa shape index (κ2) is 6.56. The Labute approximate surface area is 134 Å². The summed E-state index contributed by atoms with van der Waals surface area (Å²) in [7, 11) is 0. The van der Waals surface area contributed by atoms with Crippen molar-refractivity contribution >= 4 is 17.5 Å². The van der Waals surface area contributed by atoms with Crippen molar-refractivity contribution in [2.75, 3.05) is 5.32 Å². The summed E-state index contributed by atoms with van der Waals surface area (Å²) < 4.78 is 0. The van der Waals surface area contributed by atoms with Gasteiger partial charge < -0.3 is 10.6 Å². The number of benzene rings is 1. The summed E-state index contributed by atoms with van der Waals surface area (Å²) in [4.78, 5) is 31.6. The van der Waals surface area contributed by atoms with Crippen LogP contribution in [0, 0.1) is 5.92 Å². The fourth-order valence-corrected chi connectivity index (χ4v) is 2.22. The van der Waals surface area contributed by atoms with E-state index in [1.54, 1.807) is 0 Å². The minimum atomic E-state index is -0.267. The molecule has 1 aromatic heterocycles. The highest BCUT2D eigenvalue weighted by atomic mass is 16.2. The summed E-state index contributed by atoms with van der Waals surface area (Å²) in [6, 6.07) is 7.31. The zero-order valence-corrected chi connectivity index (χ0v) is 12.8. The second-order valence-corrected chi connectivity index (χ2v) is 5.67. The smallest absolute Gasteiger partial charge is 0.271 e. The second-order valence-electron chi connectivity index (χ2n) is 5.67. The standard InChI is InChI=1S/C17H18N4O2/c1-11(20-17(23)15-10-18-8-9-19-15)12-4-6-14(7-5-12)21-16(22)13-2-3-13/h4-11,13H,2-3H2,1H3,(H,20,23)(H,21,22). The van der Waals surface area contributed by atoms with Gasteiger partial charge in [0.15, 0.2) is 0 Å². The number of amides is 2. The molecule has 0 aliphatic heterocycles. The number of anilines is 1. The lowest BCUT2D eigenvalue weighted by molar-refractivity contribution is -0.117. The lowest BCUT2D eigenvalue weighted by Crippen LogP contribution is -2.27. The highest BCUT2D eigenvalue weighted by Crippen LogP contribution is 2.30. The molecule has 1 fully saturated rings. The van der Waals surface area contributed by atoms with Crippen LogP contribution in [0.4, 0.5) is 5.69 Å². The van der Waals surface area contributed by atoms with Crippen molar-refractivity contribution in [1.82, 2.24) is 15.3 Å². The maximum absolute atomic E-state index is 12.1. The Hall–Kier alpha value is -2.76. The average molecular weight is 310 g/mol. The van der Waals surface area contributed by atoms with Crippen LogP contribution in [0.3, 0.4) is 0 Å². The summed E-state index contributed by atoms with van der Waals surface area (Å²) in [5, 5.41) is 5.76. The Kier molecular flexibility index (Phi) is 4.32. The Bertz CT molecular complexity index is 696. The molecule has 23 heavy (non-hydrogen) atoms. The van der Waals surface area contributed by atoms with Crippen LogP contribution in [0.15, 0.2) is 42.9 Å². The number of aromatic nitrogens is 2. The molecule has 1 heterocycles. The zero-order chi connectivity index (χ0) is 16.2. The summed E-state index contributed by atoms with van der Waals surface area (Å²) in [6.07, 6.45) is 6.40. The first-order valence-electron chi connectivity index (χ1n) is 7.61. The van der Waals surface area contributed by atoms with Gasteiger partial charge in [0.05, 0.1) is 12.2 Å². The predicted molar refractivity (Wildman–Crippen MR) is 85.7 cm³/mol. The Morgan fingerprint density at radius 3 is 2.52 bits per heavy atom. The SMILES string of the molecule is CC(NC(=O)c1cnccn1)c1ccc(NC(=O)C2CC2)cc1. The summed E-state index contributed by atoms with van der Waals surface area (Å²) >= 11 is 0. The van der Waals surface area contributed by atoms with Crippen LogP contribution < -0.4 is 10.6 Å². The quantitative estimate of drug-likeness (QED) is 0.887. The van der Waals surface area contributed by atoms with Crippen molar-refractivity contribution in [3.05, 3.63) is 54.1 Å². The largest absolute Gasteiger partial charge is 0.344 e. The van der Waals surface area contributed by atoms with Crippen LogP contribution in [-0.4, -0.2) is 21.8 Å². The first kappa shape index (κ1) is 15.1. The van der Waals surface area contributed by atoms with E-state index in [1.165, 1.54) is 18.6 Å². The molecule has 1 saturated carbocycles. The minimum Gasteiger partial charge on any atom is -0.344 e. The summed E-state index contributed by atoms with van der Waals surface area (Å²) in [5.41, 5.74) is 2.01. The maximum Gasteiger partial charge on any atom is 0.271 e. The van der Waals surface area contributed by atoms with Crippen molar-refractivity contribution in [2.45, 2.75) is 25.8 Å². The Morgan fingerprint density at radius 1 is 1.17 bits per heavy atom. The third kappa shape index (κ3) is 3.91. The van der Waals surface area contributed by atoms with Gasteiger partial charge in [0.1, 0.15) is 5.69 Å². The van der Waals surface area contributed by atoms with Crippen LogP contribution in [-0.2, 0) is 4.79 Å². The van der Waals surface area contributed by atoms with Gasteiger partial charge in [0.2, 0.25) is 5.91 Å². The molecule has 2 amide bonds. The molecule has 1 unspecified atom stereocenters. The van der Waals surface area contributed by atoms with E-state index < -0.39 is 0 Å². The monoisotopic (exact) mass is 310 g/mol. The van der Waals surface area contributed by atoms with E-state index in [-0.39, 0.29) is 29.5 Å². The van der Waals surface area contributed by atoms with E-state index in [2.05, 4.69) is 20.6 Å². The molecular weight excluding hydrogens is 292 g/mol. The number of nitrogens with zero attached hydrogens (tertiary/aromatic N) is 2. The lowest BCUT2D eigenvalue weighted by atomic mass is 10.1. The highest BCUT2D eigenvalue weighted by molar-refractivity contribution is 5.94. The van der Waals surface area contributed by atoms with Crippen molar-refractivity contribution in [3.8, 4) is 0 Å². The number of rotatable bonds is 5. The van der Waals surface area contributed by atoms with Gasteiger partial charge in [-0.2, -0.15) is 0 Å². The van der Waals surface area contributed by atoms with Crippen molar-refractivity contribution in [2.24, 2.45) is 5.92 Å². The number of carbonyl (C=O) groups is 2. The van der Waals surface area contributed by atoms with E-state index in [1.807, 2.05) is 31.2 Å². The Balaban J connectivity index is 1.59. The molecule has 0 bridgehead atoms. The van der Waals surface area contributed by atoms with Crippen molar-refractivity contribution < 1.29 is 9.59 Å². The number of hydrogen-bond acceptors (Lipinski definition) is 4. The van der Waals surface area contributed by atoms with Gasteiger partial charge in [-0.05, 0) is 37.5 Å². The molecule has 3 rings (SSSR count). The van der Waals surface area contributed by atoms with Crippen LogP contribution in [0.1, 0.15) is 41.9 Å². The zero-order valence-electron chi connectivity index (χ0n) is 12.8. The van der Waals surface area contributed by atoms with E-state index in [4.69, 9.17) is 0 Å². The predicted octanol–water partition coefficient (Wildman–Crippen LogP) is 2.32. The van der Waals surface area contributed by atoms with Gasteiger partial charge in [-0.3, -0.25) is 14.6 Å². The number of hydrogen-bond donors (Lipinski definition) is 2. The molecule has 1 aliphatic carbocycles. The minimum absolute atomic E-state index is 0.0850. The molecule has 2 N–H and O–H groups in total. The van der Waals surface area contributed by atoms with Gasteiger partial charge in [-0.25, -0.2) is 4.98 Å². The first-order chi connectivity index (χ1) is 11.1. The molecule has 0 spiro atoms. The normalized spacial score (nSPS) is 14.8. The third-order valence-electron chi connectivity index (χ3n) is 3.77. The molecule has 6 heteroatoms. The molecule has 1 atom stereocenters. The van der Waals surface area contributed by atoms with E-state index in [0.29, 0.717) is 0 Å². The molecular formula is C17H18N4O2. The van der Waals surface area contributed by atoms with Crippen molar-refractivity contribution in [3.63, 3.8) is 0 Å². The van der Waals surface area contributed by atoms with E-state index in [0.717, 1.165) is 24.1 Å². The summed E-state index contributed by atoms with van der Waals surface area (Å²) in [6.45, 7) is 1.89. The Morgan fingerprint density at radius 2 is 1.91 bits per heavy atom. The highest BCUT2D eigenvalue weighted by Gasteiger charge is 2.29. The third-order valence-corrected chi connectivity index (χ3v) is 3.77. The number of carbonyl (C=O) groups excluding carboxylic acids is 2. The van der Waals surface area contributed by atoms with Gasteiger partial charge >= 0.3 is 0 Å². The molecule has 1 aromatic carbocycles. The molecule has 0 saturated heterocycles.